The molecule has 2 rings (SSSR count). The second-order valence-electron chi connectivity index (χ2n) is 3.91. The first kappa shape index (κ1) is 11.7. The van der Waals surface area contributed by atoms with Gasteiger partial charge in [-0.05, 0) is 24.6 Å². The van der Waals surface area contributed by atoms with Crippen LogP contribution in [-0.4, -0.2) is 19.0 Å². The van der Waals surface area contributed by atoms with E-state index in [0.29, 0.717) is 18.7 Å². The topological polar surface area (TPSA) is 41.1 Å². The Kier molecular flexibility index (Phi) is 3.19. The molecule has 90 valence electrons. The van der Waals surface area contributed by atoms with E-state index in [2.05, 4.69) is 10.6 Å². The largest absolute Gasteiger partial charge is 0.320 e. The van der Waals surface area contributed by atoms with E-state index >= 15 is 0 Å². The van der Waals surface area contributed by atoms with Gasteiger partial charge in [0.05, 0.1) is 5.69 Å². The number of carbonyl (C=O) groups excluding carboxylic acids is 1. The van der Waals surface area contributed by atoms with Gasteiger partial charge in [0.15, 0.2) is 0 Å². The van der Waals surface area contributed by atoms with Gasteiger partial charge in [0.25, 0.3) is 5.91 Å². The van der Waals surface area contributed by atoms with Gasteiger partial charge in [0, 0.05) is 24.7 Å². The van der Waals surface area contributed by atoms with Crippen LogP contribution in [0.5, 0.6) is 0 Å². The van der Waals surface area contributed by atoms with E-state index in [0.717, 1.165) is 23.8 Å². The van der Waals surface area contributed by atoms with Crippen molar-refractivity contribution in [3.05, 3.63) is 41.0 Å². The van der Waals surface area contributed by atoms with Crippen LogP contribution < -0.4 is 10.6 Å². The van der Waals surface area contributed by atoms with Crippen molar-refractivity contribution >= 4 is 11.6 Å². The molecule has 0 atom stereocenters. The van der Waals surface area contributed by atoms with Crippen molar-refractivity contribution in [2.24, 2.45) is 0 Å². The minimum Gasteiger partial charge on any atom is -0.320 e. The van der Waals surface area contributed by atoms with Gasteiger partial charge in [-0.1, -0.05) is 0 Å². The summed E-state index contributed by atoms with van der Waals surface area (Å²) < 4.78 is 26.2. The molecule has 1 amide bonds. The summed E-state index contributed by atoms with van der Waals surface area (Å²) in [5, 5.41) is 5.37. The predicted molar refractivity (Wildman–Crippen MR) is 60.6 cm³/mol. The van der Waals surface area contributed by atoms with Crippen LogP contribution in [0.15, 0.2) is 29.3 Å². The Bertz CT molecular complexity index is 491. The maximum atomic E-state index is 13.3. The molecule has 1 aromatic rings. The zero-order chi connectivity index (χ0) is 12.4. The van der Waals surface area contributed by atoms with E-state index in [9.17, 15) is 13.6 Å². The van der Waals surface area contributed by atoms with Crippen LogP contribution in [-0.2, 0) is 4.79 Å². The first-order valence-electron chi connectivity index (χ1n) is 5.23. The summed E-state index contributed by atoms with van der Waals surface area (Å²) in [6.45, 7) is 3.01. The predicted octanol–water partition coefficient (Wildman–Crippen LogP) is 1.82. The molecule has 0 aliphatic carbocycles. The lowest BCUT2D eigenvalue weighted by molar-refractivity contribution is -0.112. The minimum atomic E-state index is -0.649. The standard InChI is InChI=1S/C12H12F2N2O/c1-7(8-5-15-6-8)12(17)16-11-4-9(13)2-3-10(11)14/h2-4,15H,5-6H2,1H3,(H,16,17). The molecule has 1 aliphatic heterocycles. The van der Waals surface area contributed by atoms with Crippen LogP contribution in [0.25, 0.3) is 0 Å². The summed E-state index contributed by atoms with van der Waals surface area (Å²) in [6.07, 6.45) is 0. The Balaban J connectivity index is 2.15. The fourth-order valence-corrected chi connectivity index (χ4v) is 1.49. The third kappa shape index (κ3) is 2.50. The SMILES string of the molecule is CC(C(=O)Nc1cc(F)ccc1F)=C1CNC1. The number of halogens is 2. The van der Waals surface area contributed by atoms with Gasteiger partial charge in [-0.2, -0.15) is 0 Å². The highest BCUT2D eigenvalue weighted by Gasteiger charge is 2.17. The second-order valence-corrected chi connectivity index (χ2v) is 3.91. The zero-order valence-electron chi connectivity index (χ0n) is 9.31. The van der Waals surface area contributed by atoms with Crippen molar-refractivity contribution in [3.8, 4) is 0 Å². The van der Waals surface area contributed by atoms with Crippen molar-refractivity contribution in [1.82, 2.24) is 5.32 Å². The quantitative estimate of drug-likeness (QED) is 0.772. The summed E-state index contributed by atoms with van der Waals surface area (Å²) in [4.78, 5) is 11.7. The molecule has 5 heteroatoms. The monoisotopic (exact) mass is 238 g/mol. The molecule has 17 heavy (non-hydrogen) atoms. The summed E-state index contributed by atoms with van der Waals surface area (Å²) in [5.41, 5.74) is 1.40. The molecule has 0 radical (unpaired) electrons. The number of hydrogen-bond donors (Lipinski definition) is 2. The first-order valence-corrected chi connectivity index (χ1v) is 5.23. The van der Waals surface area contributed by atoms with E-state index in [-0.39, 0.29) is 5.69 Å². The lowest BCUT2D eigenvalue weighted by Gasteiger charge is -2.21. The van der Waals surface area contributed by atoms with Crippen molar-refractivity contribution in [2.75, 3.05) is 18.4 Å². The highest BCUT2D eigenvalue weighted by molar-refractivity contribution is 6.04. The number of amides is 1. The Morgan fingerprint density at radius 2 is 2.06 bits per heavy atom. The molecule has 1 heterocycles. The normalized spacial score (nSPS) is 14.2. The average Bonchev–Trinajstić information content (AvgIpc) is 2.21. The highest BCUT2D eigenvalue weighted by atomic mass is 19.1. The number of hydrogen-bond acceptors (Lipinski definition) is 2. The average molecular weight is 238 g/mol. The summed E-state index contributed by atoms with van der Waals surface area (Å²) in [7, 11) is 0. The van der Waals surface area contributed by atoms with Gasteiger partial charge in [0.1, 0.15) is 11.6 Å². The molecule has 0 unspecified atom stereocenters. The van der Waals surface area contributed by atoms with Crippen molar-refractivity contribution in [1.29, 1.82) is 0 Å². The minimum absolute atomic E-state index is 0.137. The van der Waals surface area contributed by atoms with Crippen LogP contribution in [0, 0.1) is 11.6 Å². The number of anilines is 1. The van der Waals surface area contributed by atoms with Crippen molar-refractivity contribution < 1.29 is 13.6 Å². The zero-order valence-corrected chi connectivity index (χ0v) is 9.31. The van der Waals surface area contributed by atoms with Crippen molar-refractivity contribution in [2.45, 2.75) is 6.92 Å². The van der Waals surface area contributed by atoms with E-state index in [1.54, 1.807) is 6.92 Å². The molecule has 1 aliphatic rings. The van der Waals surface area contributed by atoms with Gasteiger partial charge in [-0.15, -0.1) is 0 Å². The third-order valence-corrected chi connectivity index (χ3v) is 2.72. The number of rotatable bonds is 2. The van der Waals surface area contributed by atoms with Gasteiger partial charge in [-0.3, -0.25) is 4.79 Å². The maximum absolute atomic E-state index is 13.3. The summed E-state index contributed by atoms with van der Waals surface area (Å²) in [5.74, 6) is -1.63. The second kappa shape index (κ2) is 4.63. The summed E-state index contributed by atoms with van der Waals surface area (Å²) >= 11 is 0. The smallest absolute Gasteiger partial charge is 0.251 e. The van der Waals surface area contributed by atoms with Gasteiger partial charge in [-0.25, -0.2) is 8.78 Å². The molecular weight excluding hydrogens is 226 g/mol. The highest BCUT2D eigenvalue weighted by Crippen LogP contribution is 2.17. The van der Waals surface area contributed by atoms with Gasteiger partial charge < -0.3 is 10.6 Å². The van der Waals surface area contributed by atoms with Crippen molar-refractivity contribution in [3.63, 3.8) is 0 Å². The van der Waals surface area contributed by atoms with E-state index in [4.69, 9.17) is 0 Å². The maximum Gasteiger partial charge on any atom is 0.251 e. The molecule has 0 aromatic heterocycles. The Morgan fingerprint density at radius 3 is 2.65 bits per heavy atom. The van der Waals surface area contributed by atoms with Crippen LogP contribution in [0.3, 0.4) is 0 Å². The van der Waals surface area contributed by atoms with Crippen LogP contribution in [0.2, 0.25) is 0 Å². The number of benzene rings is 1. The molecule has 1 fully saturated rings. The molecular formula is C12H12F2N2O. The van der Waals surface area contributed by atoms with Gasteiger partial charge >= 0.3 is 0 Å². The molecule has 1 aromatic carbocycles. The fraction of sp³-hybridized carbons (Fsp3) is 0.250. The lowest BCUT2D eigenvalue weighted by atomic mass is 10.0. The Hall–Kier alpha value is -1.75. The lowest BCUT2D eigenvalue weighted by Crippen LogP contribution is -2.36. The molecule has 0 saturated carbocycles. The van der Waals surface area contributed by atoms with E-state index in [1.165, 1.54) is 0 Å². The van der Waals surface area contributed by atoms with Crippen LogP contribution in [0.1, 0.15) is 6.92 Å². The molecule has 1 saturated heterocycles. The molecule has 0 bridgehead atoms. The van der Waals surface area contributed by atoms with Crippen LogP contribution in [0.4, 0.5) is 14.5 Å². The van der Waals surface area contributed by atoms with E-state index < -0.39 is 17.5 Å². The Labute approximate surface area is 97.5 Å². The van der Waals surface area contributed by atoms with Gasteiger partial charge in [0.2, 0.25) is 0 Å². The fourth-order valence-electron chi connectivity index (χ4n) is 1.49. The molecule has 0 spiro atoms. The van der Waals surface area contributed by atoms with Crippen LogP contribution >= 0.6 is 0 Å². The van der Waals surface area contributed by atoms with E-state index in [1.807, 2.05) is 0 Å². The first-order chi connectivity index (χ1) is 8.08. The number of carbonyl (C=O) groups is 1. The molecule has 2 N–H and O–H groups in total. The third-order valence-electron chi connectivity index (χ3n) is 2.72. The number of nitrogens with one attached hydrogen (secondary N) is 2. The summed E-state index contributed by atoms with van der Waals surface area (Å²) in [6, 6.07) is 2.95. The Morgan fingerprint density at radius 1 is 1.35 bits per heavy atom. The molecule has 3 nitrogen and oxygen atoms in total.